The number of primary amides is 1. The van der Waals surface area contributed by atoms with Crippen LogP contribution in [0.1, 0.15) is 31.2 Å². The topological polar surface area (TPSA) is 144 Å². The van der Waals surface area contributed by atoms with Gasteiger partial charge in [0.1, 0.15) is 23.8 Å². The SMILES string of the molecule is Cn1ccc2c(Nc3nc(N[C@H](CC4CC4)C(N)=O)cnc3C(N)O)cccc21. The van der Waals surface area contributed by atoms with Gasteiger partial charge in [-0.05, 0) is 30.5 Å². The number of carbonyl (C=O) groups excluding carboxylic acids is 1. The summed E-state index contributed by atoms with van der Waals surface area (Å²) in [6, 6.07) is 7.33. The summed E-state index contributed by atoms with van der Waals surface area (Å²) in [5.41, 5.74) is 13.3. The molecular weight excluding hydrogens is 370 g/mol. The lowest BCUT2D eigenvalue weighted by atomic mass is 10.1. The largest absolute Gasteiger partial charge is 0.373 e. The van der Waals surface area contributed by atoms with Crippen molar-refractivity contribution in [3.8, 4) is 0 Å². The Kier molecular flexibility index (Phi) is 5.08. The van der Waals surface area contributed by atoms with Crippen LogP contribution >= 0.6 is 0 Å². The van der Waals surface area contributed by atoms with Crippen LogP contribution in [0.4, 0.5) is 17.3 Å². The van der Waals surface area contributed by atoms with Crippen molar-refractivity contribution in [2.75, 3.05) is 10.6 Å². The molecule has 7 N–H and O–H groups in total. The number of nitrogens with one attached hydrogen (secondary N) is 2. The highest BCUT2D eigenvalue weighted by molar-refractivity contribution is 5.94. The minimum atomic E-state index is -1.30. The van der Waals surface area contributed by atoms with Crippen LogP contribution in [0.15, 0.2) is 36.7 Å². The summed E-state index contributed by atoms with van der Waals surface area (Å²) in [5.74, 6) is 0.800. The van der Waals surface area contributed by atoms with Gasteiger partial charge in [-0.3, -0.25) is 4.79 Å². The number of hydrogen-bond acceptors (Lipinski definition) is 7. The first-order valence-corrected chi connectivity index (χ1v) is 9.60. The van der Waals surface area contributed by atoms with Gasteiger partial charge in [0.05, 0.1) is 6.20 Å². The van der Waals surface area contributed by atoms with Crippen LogP contribution in [0.2, 0.25) is 0 Å². The van der Waals surface area contributed by atoms with Gasteiger partial charge in [0, 0.05) is 29.8 Å². The van der Waals surface area contributed by atoms with Crippen LogP contribution < -0.4 is 22.1 Å². The predicted octanol–water partition coefficient (Wildman–Crippen LogP) is 1.73. The number of aliphatic hydroxyl groups is 1. The fourth-order valence-corrected chi connectivity index (χ4v) is 3.43. The summed E-state index contributed by atoms with van der Waals surface area (Å²) >= 11 is 0. The van der Waals surface area contributed by atoms with Gasteiger partial charge >= 0.3 is 0 Å². The summed E-state index contributed by atoms with van der Waals surface area (Å²) in [6.45, 7) is 0. The van der Waals surface area contributed by atoms with E-state index >= 15 is 0 Å². The molecule has 2 aromatic heterocycles. The van der Waals surface area contributed by atoms with Crippen LogP contribution in [0, 0.1) is 5.92 Å². The van der Waals surface area contributed by atoms with Crippen molar-refractivity contribution >= 4 is 34.1 Å². The molecule has 1 saturated carbocycles. The molecule has 0 radical (unpaired) electrons. The maximum absolute atomic E-state index is 11.8. The Labute approximate surface area is 168 Å². The molecule has 1 aromatic carbocycles. The summed E-state index contributed by atoms with van der Waals surface area (Å²) < 4.78 is 2.01. The zero-order chi connectivity index (χ0) is 20.5. The van der Waals surface area contributed by atoms with E-state index in [2.05, 4.69) is 20.6 Å². The molecule has 2 heterocycles. The Hall–Kier alpha value is -3.17. The molecule has 1 aliphatic carbocycles. The lowest BCUT2D eigenvalue weighted by Gasteiger charge is -2.18. The van der Waals surface area contributed by atoms with Crippen molar-refractivity contribution in [3.63, 3.8) is 0 Å². The average molecular weight is 395 g/mol. The molecule has 0 spiro atoms. The molecule has 1 aliphatic rings. The van der Waals surface area contributed by atoms with Gasteiger partial charge in [0.15, 0.2) is 5.82 Å². The molecule has 9 heteroatoms. The maximum Gasteiger partial charge on any atom is 0.239 e. The maximum atomic E-state index is 11.8. The number of aryl methyl sites for hydroxylation is 1. The Morgan fingerprint density at radius 3 is 2.86 bits per heavy atom. The zero-order valence-electron chi connectivity index (χ0n) is 16.2. The number of aromatic nitrogens is 3. The number of rotatable bonds is 8. The number of hydrogen-bond donors (Lipinski definition) is 5. The second-order valence-corrected chi connectivity index (χ2v) is 7.50. The number of carbonyl (C=O) groups is 1. The van der Waals surface area contributed by atoms with E-state index in [1.165, 1.54) is 6.20 Å². The zero-order valence-corrected chi connectivity index (χ0v) is 16.2. The minimum absolute atomic E-state index is 0.210. The van der Waals surface area contributed by atoms with Crippen LogP contribution in [0.25, 0.3) is 10.9 Å². The molecule has 0 aliphatic heterocycles. The molecule has 0 saturated heterocycles. The van der Waals surface area contributed by atoms with E-state index in [-0.39, 0.29) is 5.69 Å². The molecule has 3 aromatic rings. The van der Waals surface area contributed by atoms with Gasteiger partial charge in [0.25, 0.3) is 0 Å². The fraction of sp³-hybridized carbons (Fsp3) is 0.350. The van der Waals surface area contributed by atoms with E-state index in [9.17, 15) is 9.90 Å². The van der Waals surface area contributed by atoms with Gasteiger partial charge in [-0.2, -0.15) is 0 Å². The van der Waals surface area contributed by atoms with Crippen molar-refractivity contribution in [3.05, 3.63) is 42.4 Å². The lowest BCUT2D eigenvalue weighted by Crippen LogP contribution is -2.36. The molecule has 2 atom stereocenters. The molecule has 152 valence electrons. The summed E-state index contributed by atoms with van der Waals surface area (Å²) in [4.78, 5) is 20.6. The fourth-order valence-electron chi connectivity index (χ4n) is 3.43. The highest BCUT2D eigenvalue weighted by atomic mass is 16.3. The van der Waals surface area contributed by atoms with E-state index in [0.717, 1.165) is 29.4 Å². The lowest BCUT2D eigenvalue weighted by molar-refractivity contribution is -0.118. The van der Waals surface area contributed by atoms with Crippen molar-refractivity contribution in [1.29, 1.82) is 0 Å². The van der Waals surface area contributed by atoms with Gasteiger partial charge in [0.2, 0.25) is 5.91 Å². The highest BCUT2D eigenvalue weighted by Gasteiger charge is 2.28. The third kappa shape index (κ3) is 4.15. The van der Waals surface area contributed by atoms with E-state index in [1.54, 1.807) is 0 Å². The number of amides is 1. The third-order valence-electron chi connectivity index (χ3n) is 5.19. The molecule has 1 fully saturated rings. The molecular formula is C20H25N7O2. The number of nitrogens with zero attached hydrogens (tertiary/aromatic N) is 3. The third-order valence-corrected chi connectivity index (χ3v) is 5.19. The Morgan fingerprint density at radius 2 is 2.17 bits per heavy atom. The number of fused-ring (bicyclic) bond motifs is 1. The van der Waals surface area contributed by atoms with Crippen LogP contribution in [-0.4, -0.2) is 31.6 Å². The second-order valence-electron chi connectivity index (χ2n) is 7.50. The number of nitrogens with two attached hydrogens (primary N) is 2. The second kappa shape index (κ2) is 7.69. The number of benzene rings is 1. The summed E-state index contributed by atoms with van der Waals surface area (Å²) in [7, 11) is 1.97. The van der Waals surface area contributed by atoms with Gasteiger partial charge in [-0.15, -0.1) is 0 Å². The molecule has 9 nitrogen and oxygen atoms in total. The normalized spacial score (nSPS) is 15.8. The molecule has 1 unspecified atom stereocenters. The monoisotopic (exact) mass is 395 g/mol. The van der Waals surface area contributed by atoms with Crippen molar-refractivity contribution in [2.45, 2.75) is 31.5 Å². The first kappa shape index (κ1) is 19.2. The highest BCUT2D eigenvalue weighted by Crippen LogP contribution is 2.34. The van der Waals surface area contributed by atoms with E-state index in [4.69, 9.17) is 11.5 Å². The summed E-state index contributed by atoms with van der Waals surface area (Å²) in [6.07, 6.45) is 5.01. The van der Waals surface area contributed by atoms with Gasteiger partial charge < -0.3 is 31.8 Å². The van der Waals surface area contributed by atoms with Crippen molar-refractivity contribution < 1.29 is 9.90 Å². The minimum Gasteiger partial charge on any atom is -0.373 e. The number of aliphatic hydroxyl groups excluding tert-OH is 1. The molecule has 29 heavy (non-hydrogen) atoms. The van der Waals surface area contributed by atoms with Crippen LogP contribution in [0.3, 0.4) is 0 Å². The van der Waals surface area contributed by atoms with E-state index in [1.807, 2.05) is 42.1 Å². The first-order chi connectivity index (χ1) is 13.9. The molecule has 1 amide bonds. The average Bonchev–Trinajstić information content (AvgIpc) is 3.42. The Bertz CT molecular complexity index is 1040. The smallest absolute Gasteiger partial charge is 0.239 e. The van der Waals surface area contributed by atoms with E-state index < -0.39 is 18.2 Å². The molecule has 0 bridgehead atoms. The number of anilines is 3. The predicted molar refractivity (Wildman–Crippen MR) is 111 cm³/mol. The Balaban J connectivity index is 1.65. The first-order valence-electron chi connectivity index (χ1n) is 9.60. The van der Waals surface area contributed by atoms with E-state index in [0.29, 0.717) is 24.0 Å². The Morgan fingerprint density at radius 1 is 1.38 bits per heavy atom. The van der Waals surface area contributed by atoms with Gasteiger partial charge in [-0.25, -0.2) is 9.97 Å². The standard InChI is InChI=1S/C20H25N7O2/c1-27-8-7-12-13(3-2-4-15(12)27)25-20-17(19(22)29)23-10-16(26-20)24-14(18(21)28)9-11-5-6-11/h2-4,7-8,10-11,14,19,29H,5-6,9,22H2,1H3,(H2,21,28)(H2,24,25,26)/t14-,19?/m1/s1. The van der Waals surface area contributed by atoms with Gasteiger partial charge in [-0.1, -0.05) is 18.9 Å². The van der Waals surface area contributed by atoms with Crippen LogP contribution in [-0.2, 0) is 11.8 Å². The quantitative estimate of drug-likeness (QED) is 0.365. The summed E-state index contributed by atoms with van der Waals surface area (Å²) in [5, 5.41) is 17.2. The van der Waals surface area contributed by atoms with Crippen molar-refractivity contribution in [1.82, 2.24) is 14.5 Å². The van der Waals surface area contributed by atoms with Crippen molar-refractivity contribution in [2.24, 2.45) is 24.4 Å². The van der Waals surface area contributed by atoms with Crippen LogP contribution in [0.5, 0.6) is 0 Å². The molecule has 4 rings (SSSR count).